The zero-order valence-corrected chi connectivity index (χ0v) is 23.5. The molecule has 0 aliphatic heterocycles. The zero-order valence-electron chi connectivity index (χ0n) is 23.5. The van der Waals surface area contributed by atoms with E-state index in [1.807, 2.05) is 6.07 Å². The third kappa shape index (κ3) is 8.51. The summed E-state index contributed by atoms with van der Waals surface area (Å²) in [6.45, 7) is 2.15. The lowest BCUT2D eigenvalue weighted by molar-refractivity contribution is -0.223. The lowest BCUT2D eigenvalue weighted by atomic mass is 9.77. The van der Waals surface area contributed by atoms with Crippen molar-refractivity contribution in [2.45, 2.75) is 102 Å². The van der Waals surface area contributed by atoms with Crippen LogP contribution in [0.4, 0.5) is 30.7 Å². The largest absolute Gasteiger partial charge is 0.432 e. The van der Waals surface area contributed by atoms with Crippen molar-refractivity contribution in [3.8, 4) is 5.75 Å². The normalized spacial score (nSPS) is 24.1. The summed E-state index contributed by atoms with van der Waals surface area (Å²) in [7, 11) is 0. The molecule has 2 saturated carbocycles. The number of alkyl halides is 5. The second kappa shape index (κ2) is 13.6. The molecule has 0 radical (unpaired) electrons. The van der Waals surface area contributed by atoms with Gasteiger partial charge in [-0.1, -0.05) is 44.1 Å². The first-order chi connectivity index (χ1) is 19.5. The second-order valence-electron chi connectivity index (χ2n) is 11.7. The van der Waals surface area contributed by atoms with Crippen molar-refractivity contribution in [3.63, 3.8) is 0 Å². The fourth-order valence-corrected chi connectivity index (χ4v) is 6.25. The van der Waals surface area contributed by atoms with Gasteiger partial charge >= 0.3 is 12.3 Å². The van der Waals surface area contributed by atoms with Crippen molar-refractivity contribution in [1.82, 2.24) is 0 Å². The van der Waals surface area contributed by atoms with Crippen LogP contribution in [-0.4, -0.2) is 6.11 Å². The van der Waals surface area contributed by atoms with Crippen LogP contribution in [-0.2, 0) is 12.6 Å². The van der Waals surface area contributed by atoms with Crippen molar-refractivity contribution in [2.24, 2.45) is 17.8 Å². The Bertz CT molecular complexity index is 1160. The van der Waals surface area contributed by atoms with Crippen LogP contribution in [0.15, 0.2) is 48.6 Å². The van der Waals surface area contributed by atoms with Crippen LogP contribution in [0.5, 0.6) is 5.75 Å². The van der Waals surface area contributed by atoms with Gasteiger partial charge in [0.05, 0.1) is 11.5 Å². The number of hydrogen-bond acceptors (Lipinski definition) is 1. The van der Waals surface area contributed by atoms with E-state index in [2.05, 4.69) is 29.9 Å². The number of hydrogen-bond donors (Lipinski definition) is 0. The molecule has 0 amide bonds. The summed E-state index contributed by atoms with van der Waals surface area (Å²) < 4.78 is 101. The molecular formula is C33H39F7O. The van der Waals surface area contributed by atoms with E-state index in [-0.39, 0.29) is 30.5 Å². The fraction of sp³-hybridized carbons (Fsp3) is 0.576. The number of unbranched alkanes of at least 4 members (excludes halogenated alkanes) is 2. The van der Waals surface area contributed by atoms with Gasteiger partial charge in [0.25, 0.3) is 0 Å². The quantitative estimate of drug-likeness (QED) is 0.153. The molecule has 2 aromatic carbocycles. The van der Waals surface area contributed by atoms with Gasteiger partial charge < -0.3 is 4.74 Å². The summed E-state index contributed by atoms with van der Waals surface area (Å²) in [5, 5.41) is 0. The maximum Gasteiger partial charge on any atom is 0.419 e. The summed E-state index contributed by atoms with van der Waals surface area (Å²) in [5.74, 6) is -2.68. The first kappa shape index (κ1) is 31.4. The number of halogens is 7. The summed E-state index contributed by atoms with van der Waals surface area (Å²) in [5.41, 5.74) is 0.351. The Morgan fingerprint density at radius 2 is 1.39 bits per heavy atom. The molecular weight excluding hydrogens is 545 g/mol. The first-order valence-corrected chi connectivity index (χ1v) is 14.9. The molecule has 0 heterocycles. The van der Waals surface area contributed by atoms with E-state index in [4.69, 9.17) is 0 Å². The molecule has 1 nitrogen and oxygen atoms in total. The van der Waals surface area contributed by atoms with Crippen molar-refractivity contribution in [1.29, 1.82) is 0 Å². The number of allylic oxidation sites excluding steroid dienone is 2. The van der Waals surface area contributed by atoms with E-state index in [0.717, 1.165) is 68.6 Å². The van der Waals surface area contributed by atoms with Crippen molar-refractivity contribution < 1.29 is 35.5 Å². The molecule has 0 atom stereocenters. The maximum absolute atomic E-state index is 14.8. The molecule has 0 N–H and O–H groups in total. The van der Waals surface area contributed by atoms with E-state index >= 15 is 0 Å². The Balaban J connectivity index is 1.22. The minimum atomic E-state index is -4.91. The summed E-state index contributed by atoms with van der Waals surface area (Å²) >= 11 is 0. The van der Waals surface area contributed by atoms with Crippen LogP contribution in [0, 0.1) is 29.4 Å². The molecule has 0 unspecified atom stereocenters. The topological polar surface area (TPSA) is 9.23 Å². The molecule has 41 heavy (non-hydrogen) atoms. The predicted molar refractivity (Wildman–Crippen MR) is 146 cm³/mol. The van der Waals surface area contributed by atoms with Crippen LogP contribution in [0.2, 0.25) is 0 Å². The second-order valence-corrected chi connectivity index (χ2v) is 11.7. The molecule has 226 valence electrons. The number of rotatable bonds is 10. The minimum Gasteiger partial charge on any atom is -0.432 e. The number of benzene rings is 2. The van der Waals surface area contributed by atoms with Gasteiger partial charge in [0, 0.05) is 6.07 Å². The van der Waals surface area contributed by atoms with Crippen molar-refractivity contribution in [2.75, 3.05) is 0 Å². The van der Waals surface area contributed by atoms with E-state index in [1.54, 1.807) is 6.07 Å². The average molecular weight is 585 g/mol. The third-order valence-corrected chi connectivity index (χ3v) is 8.75. The molecule has 8 heteroatoms. The lowest BCUT2D eigenvalue weighted by Gasteiger charge is -2.33. The monoisotopic (exact) mass is 584 g/mol. The highest BCUT2D eigenvalue weighted by Crippen LogP contribution is 2.42. The van der Waals surface area contributed by atoms with Gasteiger partial charge in [-0.2, -0.15) is 22.0 Å². The van der Waals surface area contributed by atoms with Gasteiger partial charge in [0.15, 0.2) is 0 Å². The van der Waals surface area contributed by atoms with Gasteiger partial charge in [-0.05, 0) is 111 Å². The van der Waals surface area contributed by atoms with Crippen LogP contribution in [0.25, 0.3) is 0 Å². The van der Waals surface area contributed by atoms with Crippen LogP contribution >= 0.6 is 0 Å². The average Bonchev–Trinajstić information content (AvgIpc) is 2.92. The summed E-state index contributed by atoms with van der Waals surface area (Å²) in [6, 6.07) is 7.22. The Hall–Kier alpha value is -2.51. The molecule has 2 fully saturated rings. The summed E-state index contributed by atoms with van der Waals surface area (Å²) in [6.07, 6.45) is 5.33. The van der Waals surface area contributed by atoms with Crippen molar-refractivity contribution >= 4 is 0 Å². The highest BCUT2D eigenvalue weighted by molar-refractivity contribution is 5.31. The van der Waals surface area contributed by atoms with Crippen LogP contribution < -0.4 is 4.74 Å². The van der Waals surface area contributed by atoms with Crippen LogP contribution in [0.1, 0.15) is 100 Å². The maximum atomic E-state index is 14.8. The predicted octanol–water partition coefficient (Wildman–Crippen LogP) is 11.0. The smallest absolute Gasteiger partial charge is 0.419 e. The Labute approximate surface area is 238 Å². The highest BCUT2D eigenvalue weighted by Gasteiger charge is 2.44. The first-order valence-electron chi connectivity index (χ1n) is 14.9. The number of ether oxygens (including phenoxy) is 1. The minimum absolute atomic E-state index is 0.0982. The van der Waals surface area contributed by atoms with Gasteiger partial charge in [0.1, 0.15) is 17.4 Å². The standard InChI is InChI=1S/C33H39F7O/c1-2-3-4-5-24-12-18-28(30(34)20-24)25-13-8-22(9-14-25)6-7-23-10-15-26(16-11-23)33(39,40)41-27-17-19-29(31(35)21-27)32(36,37)38/h6-7,12,17-23,25-26H,2-5,8-11,13-16H2,1H3/b7-6+. The molecule has 4 rings (SSSR count). The Morgan fingerprint density at radius 1 is 0.756 bits per heavy atom. The molecule has 0 aromatic heterocycles. The highest BCUT2D eigenvalue weighted by atomic mass is 19.4. The van der Waals surface area contributed by atoms with E-state index < -0.39 is 35.3 Å². The van der Waals surface area contributed by atoms with E-state index in [9.17, 15) is 30.7 Å². The molecule has 2 aliphatic carbocycles. The molecule has 2 aliphatic rings. The molecule has 2 aromatic rings. The molecule has 0 saturated heterocycles. The van der Waals surface area contributed by atoms with Gasteiger partial charge in [-0.3, -0.25) is 0 Å². The van der Waals surface area contributed by atoms with Crippen LogP contribution in [0.3, 0.4) is 0 Å². The fourth-order valence-electron chi connectivity index (χ4n) is 6.25. The molecule has 0 bridgehead atoms. The Kier molecular flexibility index (Phi) is 10.5. The zero-order chi connectivity index (χ0) is 29.6. The Morgan fingerprint density at radius 3 is 1.95 bits per heavy atom. The lowest BCUT2D eigenvalue weighted by Crippen LogP contribution is -2.37. The van der Waals surface area contributed by atoms with E-state index in [0.29, 0.717) is 30.9 Å². The summed E-state index contributed by atoms with van der Waals surface area (Å²) in [4.78, 5) is 0. The van der Waals surface area contributed by atoms with E-state index in [1.165, 1.54) is 0 Å². The van der Waals surface area contributed by atoms with Crippen molar-refractivity contribution in [3.05, 3.63) is 76.9 Å². The molecule has 0 spiro atoms. The van der Waals surface area contributed by atoms with Gasteiger partial charge in [-0.25, -0.2) is 8.78 Å². The SMILES string of the molecule is CCCCCc1ccc(C2CCC(/C=C/C3CCC(C(F)(F)Oc4ccc(C(F)(F)F)c(F)c4)CC3)CC2)c(F)c1. The number of aryl methyl sites for hydroxylation is 1. The van der Waals surface area contributed by atoms with Gasteiger partial charge in [0.2, 0.25) is 0 Å². The van der Waals surface area contributed by atoms with Gasteiger partial charge in [-0.15, -0.1) is 0 Å². The third-order valence-electron chi connectivity index (χ3n) is 8.75.